The molecule has 1 amide bonds. The number of rotatable bonds is 2. The van der Waals surface area contributed by atoms with Crippen LogP contribution in [0, 0.1) is 0 Å². The van der Waals surface area contributed by atoms with Crippen LogP contribution >= 0.6 is 11.6 Å². The van der Waals surface area contributed by atoms with E-state index in [0.717, 1.165) is 23.1 Å². The van der Waals surface area contributed by atoms with Crippen molar-refractivity contribution in [1.29, 1.82) is 0 Å². The lowest BCUT2D eigenvalue weighted by atomic mass is 10.1. The molecule has 0 radical (unpaired) electrons. The lowest BCUT2D eigenvalue weighted by Crippen LogP contribution is -2.33. The van der Waals surface area contributed by atoms with Gasteiger partial charge in [0.05, 0.1) is 11.3 Å². The number of carbonyl (C=O) groups excluding carboxylic acids is 1. The average molecular weight is 343 g/mol. The quantitative estimate of drug-likeness (QED) is 0.889. The van der Waals surface area contributed by atoms with Crippen LogP contribution < -0.4 is 10.0 Å². The first-order chi connectivity index (χ1) is 9.50. The van der Waals surface area contributed by atoms with Gasteiger partial charge >= 0.3 is 6.18 Å². The van der Waals surface area contributed by atoms with Crippen LogP contribution in [0.25, 0.3) is 0 Å². The fourth-order valence-electron chi connectivity index (χ4n) is 2.10. The van der Waals surface area contributed by atoms with E-state index in [1.807, 2.05) is 0 Å². The molecule has 116 valence electrons. The number of nitrogens with two attached hydrogens (primary N) is 1. The Kier molecular flexibility index (Phi) is 3.94. The first kappa shape index (κ1) is 16.1. The normalized spacial score (nSPS) is 20.1. The lowest BCUT2D eigenvalue weighted by molar-refractivity contribution is -0.137. The Balaban J connectivity index is 2.48. The molecule has 1 unspecified atom stereocenters. The maximum Gasteiger partial charge on any atom is 0.418 e. The number of primary sulfonamides is 1. The predicted molar refractivity (Wildman–Crippen MR) is 70.3 cm³/mol. The zero-order chi connectivity index (χ0) is 16.0. The fourth-order valence-corrected chi connectivity index (χ4v) is 2.99. The Hall–Kier alpha value is -1.32. The van der Waals surface area contributed by atoms with Crippen LogP contribution in [0.3, 0.4) is 0 Å². The van der Waals surface area contributed by atoms with Crippen LogP contribution in [0.5, 0.6) is 0 Å². The van der Waals surface area contributed by atoms with Gasteiger partial charge < -0.3 is 4.90 Å². The highest BCUT2D eigenvalue weighted by atomic mass is 35.5. The van der Waals surface area contributed by atoms with Crippen molar-refractivity contribution in [3.63, 3.8) is 0 Å². The lowest BCUT2D eigenvalue weighted by Gasteiger charge is -2.21. The molecular formula is C11H10ClF3N2O3S. The summed E-state index contributed by atoms with van der Waals surface area (Å²) in [7, 11) is -4.01. The molecule has 1 aliphatic heterocycles. The van der Waals surface area contributed by atoms with Gasteiger partial charge in [-0.15, -0.1) is 0 Å². The van der Waals surface area contributed by atoms with E-state index in [1.165, 1.54) is 0 Å². The molecule has 1 aromatic carbocycles. The molecule has 1 heterocycles. The van der Waals surface area contributed by atoms with Crippen molar-refractivity contribution in [3.8, 4) is 0 Å². The van der Waals surface area contributed by atoms with E-state index in [4.69, 9.17) is 16.7 Å². The number of anilines is 1. The summed E-state index contributed by atoms with van der Waals surface area (Å²) < 4.78 is 61.4. The van der Waals surface area contributed by atoms with Gasteiger partial charge in [0.2, 0.25) is 15.9 Å². The molecule has 1 fully saturated rings. The Morgan fingerprint density at radius 1 is 1.33 bits per heavy atom. The van der Waals surface area contributed by atoms with Crippen molar-refractivity contribution in [2.75, 3.05) is 11.4 Å². The van der Waals surface area contributed by atoms with Crippen molar-refractivity contribution < 1.29 is 26.4 Å². The molecule has 21 heavy (non-hydrogen) atoms. The monoisotopic (exact) mass is 342 g/mol. The predicted octanol–water partition coefficient (Wildman–Crippen LogP) is 1.75. The maximum atomic E-state index is 13.0. The highest BCUT2D eigenvalue weighted by Gasteiger charge is 2.42. The van der Waals surface area contributed by atoms with E-state index < -0.39 is 51.6 Å². The molecule has 1 saturated heterocycles. The van der Waals surface area contributed by atoms with Gasteiger partial charge in [-0.3, -0.25) is 4.79 Å². The summed E-state index contributed by atoms with van der Waals surface area (Å²) in [5.41, 5.74) is -1.53. The molecular weight excluding hydrogens is 333 g/mol. The zero-order valence-electron chi connectivity index (χ0n) is 10.4. The third-order valence-electron chi connectivity index (χ3n) is 3.11. The van der Waals surface area contributed by atoms with Crippen LogP contribution in [-0.4, -0.2) is 26.1 Å². The van der Waals surface area contributed by atoms with Crippen LogP contribution in [0.1, 0.15) is 12.0 Å². The number of alkyl halides is 3. The number of nitrogens with zero attached hydrogens (tertiary/aromatic N) is 1. The first-order valence-corrected chi connectivity index (χ1v) is 7.67. The Morgan fingerprint density at radius 2 is 1.95 bits per heavy atom. The standard InChI is InChI=1S/C11H10ClF3N2O3S/c12-6-1-2-8(11(13,14)15)9(3-6)17-5-7(4-10(17)18)21(16,19)20/h1-3,7H,4-5H2,(H2,16,19,20). The number of benzene rings is 1. The molecule has 2 N–H and O–H groups in total. The molecule has 1 aliphatic rings. The van der Waals surface area contributed by atoms with Crippen molar-refractivity contribution in [2.45, 2.75) is 17.8 Å². The number of hydrogen-bond acceptors (Lipinski definition) is 3. The van der Waals surface area contributed by atoms with Crippen molar-refractivity contribution in [1.82, 2.24) is 0 Å². The molecule has 10 heteroatoms. The van der Waals surface area contributed by atoms with Crippen molar-refractivity contribution in [2.24, 2.45) is 5.14 Å². The highest BCUT2D eigenvalue weighted by Crippen LogP contribution is 2.39. The third-order valence-corrected chi connectivity index (χ3v) is 4.59. The van der Waals surface area contributed by atoms with Gasteiger partial charge in [-0.2, -0.15) is 13.2 Å². The molecule has 0 aliphatic carbocycles. The summed E-state index contributed by atoms with van der Waals surface area (Å²) in [4.78, 5) is 12.6. The number of sulfonamides is 1. The molecule has 0 aromatic heterocycles. The minimum atomic E-state index is -4.69. The summed E-state index contributed by atoms with van der Waals surface area (Å²) in [6, 6.07) is 2.77. The minimum absolute atomic E-state index is 0.00450. The fraction of sp³-hybridized carbons (Fsp3) is 0.364. The second kappa shape index (κ2) is 5.15. The molecule has 1 aromatic rings. The van der Waals surface area contributed by atoms with Gasteiger partial charge in [0.15, 0.2) is 0 Å². The number of carbonyl (C=O) groups is 1. The molecule has 5 nitrogen and oxygen atoms in total. The van der Waals surface area contributed by atoms with Gasteiger partial charge in [0.1, 0.15) is 5.25 Å². The van der Waals surface area contributed by atoms with Gasteiger partial charge in [-0.25, -0.2) is 13.6 Å². The van der Waals surface area contributed by atoms with E-state index in [0.29, 0.717) is 0 Å². The van der Waals surface area contributed by atoms with Crippen LogP contribution in [0.2, 0.25) is 5.02 Å². The summed E-state index contributed by atoms with van der Waals surface area (Å²) in [5.74, 6) is -0.748. The molecule has 0 bridgehead atoms. The van der Waals surface area contributed by atoms with Gasteiger partial charge in [0, 0.05) is 18.0 Å². The average Bonchev–Trinajstić information content (AvgIpc) is 2.69. The van der Waals surface area contributed by atoms with Crippen LogP contribution in [0.15, 0.2) is 18.2 Å². The van der Waals surface area contributed by atoms with Crippen LogP contribution in [-0.2, 0) is 21.0 Å². The van der Waals surface area contributed by atoms with Crippen molar-refractivity contribution >= 4 is 33.2 Å². The number of halogens is 4. The van der Waals surface area contributed by atoms with E-state index in [9.17, 15) is 26.4 Å². The topological polar surface area (TPSA) is 80.5 Å². The van der Waals surface area contributed by atoms with E-state index in [1.54, 1.807) is 0 Å². The van der Waals surface area contributed by atoms with Gasteiger partial charge in [-0.1, -0.05) is 11.6 Å². The SMILES string of the molecule is NS(=O)(=O)C1CC(=O)N(c2cc(Cl)ccc2C(F)(F)F)C1. The van der Waals surface area contributed by atoms with E-state index in [2.05, 4.69) is 0 Å². The first-order valence-electron chi connectivity index (χ1n) is 5.69. The van der Waals surface area contributed by atoms with Crippen LogP contribution in [0.4, 0.5) is 18.9 Å². The summed E-state index contributed by atoms with van der Waals surface area (Å²) in [6.45, 7) is -0.429. The van der Waals surface area contributed by atoms with E-state index in [-0.39, 0.29) is 5.02 Å². The Morgan fingerprint density at radius 3 is 2.43 bits per heavy atom. The summed E-state index contributed by atoms with van der Waals surface area (Å²) >= 11 is 5.67. The maximum absolute atomic E-state index is 13.0. The Bertz CT molecular complexity index is 690. The summed E-state index contributed by atoms with van der Waals surface area (Å²) in [6.07, 6.45) is -5.15. The Labute approximate surface area is 123 Å². The molecule has 2 rings (SSSR count). The molecule has 0 saturated carbocycles. The highest BCUT2D eigenvalue weighted by molar-refractivity contribution is 7.89. The van der Waals surface area contributed by atoms with Gasteiger partial charge in [-0.05, 0) is 18.2 Å². The van der Waals surface area contributed by atoms with E-state index >= 15 is 0 Å². The third kappa shape index (κ3) is 3.30. The zero-order valence-corrected chi connectivity index (χ0v) is 12.0. The second-order valence-corrected chi connectivity index (χ2v) is 6.86. The summed E-state index contributed by atoms with van der Waals surface area (Å²) in [5, 5.41) is 3.72. The van der Waals surface area contributed by atoms with Crippen molar-refractivity contribution in [3.05, 3.63) is 28.8 Å². The smallest absolute Gasteiger partial charge is 0.310 e. The number of amides is 1. The number of hydrogen-bond donors (Lipinski definition) is 1. The molecule has 1 atom stereocenters. The largest absolute Gasteiger partial charge is 0.418 e. The molecule has 0 spiro atoms. The second-order valence-electron chi connectivity index (χ2n) is 4.58. The minimum Gasteiger partial charge on any atom is -0.310 e. The van der Waals surface area contributed by atoms with Gasteiger partial charge in [0.25, 0.3) is 0 Å².